The van der Waals surface area contributed by atoms with Crippen LogP contribution in [0, 0.1) is 20.8 Å². The maximum absolute atomic E-state index is 12.4. The SMILES string of the molecule is Cc1cc(N)cc(C(=O)c2ccc(C)cc2C)c1. The zero-order valence-electron chi connectivity index (χ0n) is 10.9. The molecule has 2 aromatic rings. The molecule has 0 fully saturated rings. The first kappa shape index (κ1) is 12.4. The smallest absolute Gasteiger partial charge is 0.193 e. The van der Waals surface area contributed by atoms with E-state index in [9.17, 15) is 4.79 Å². The summed E-state index contributed by atoms with van der Waals surface area (Å²) >= 11 is 0. The fraction of sp³-hybridized carbons (Fsp3) is 0.188. The summed E-state index contributed by atoms with van der Waals surface area (Å²) in [5.41, 5.74) is 11.0. The molecule has 2 N–H and O–H groups in total. The molecule has 0 radical (unpaired) electrons. The summed E-state index contributed by atoms with van der Waals surface area (Å²) in [5.74, 6) is 0.0305. The van der Waals surface area contributed by atoms with Gasteiger partial charge in [0.1, 0.15) is 0 Å². The number of nitrogens with two attached hydrogens (primary N) is 1. The minimum atomic E-state index is 0.0305. The third-order valence-electron chi connectivity index (χ3n) is 2.99. The van der Waals surface area contributed by atoms with Crippen molar-refractivity contribution in [2.75, 3.05) is 5.73 Å². The largest absolute Gasteiger partial charge is 0.399 e. The normalized spacial score (nSPS) is 10.4. The third-order valence-corrected chi connectivity index (χ3v) is 2.99. The molecule has 0 spiro atoms. The average Bonchev–Trinajstić information content (AvgIpc) is 2.26. The molecule has 18 heavy (non-hydrogen) atoms. The Balaban J connectivity index is 2.47. The fourth-order valence-electron chi connectivity index (χ4n) is 2.17. The predicted octanol–water partition coefficient (Wildman–Crippen LogP) is 3.43. The number of hydrogen-bond donors (Lipinski definition) is 1. The van der Waals surface area contributed by atoms with Crippen molar-refractivity contribution < 1.29 is 4.79 Å². The molecule has 0 heterocycles. The third kappa shape index (κ3) is 2.43. The fourth-order valence-corrected chi connectivity index (χ4v) is 2.17. The molecule has 0 saturated heterocycles. The average molecular weight is 239 g/mol. The van der Waals surface area contributed by atoms with Gasteiger partial charge >= 0.3 is 0 Å². The molecule has 0 amide bonds. The zero-order chi connectivity index (χ0) is 13.3. The van der Waals surface area contributed by atoms with Crippen LogP contribution in [0.1, 0.15) is 32.6 Å². The molecule has 0 aliphatic carbocycles. The van der Waals surface area contributed by atoms with Crippen molar-refractivity contribution in [2.24, 2.45) is 0 Å². The maximum atomic E-state index is 12.4. The summed E-state index contributed by atoms with van der Waals surface area (Å²) in [5, 5.41) is 0. The zero-order valence-corrected chi connectivity index (χ0v) is 10.9. The van der Waals surface area contributed by atoms with Gasteiger partial charge in [0.25, 0.3) is 0 Å². The number of anilines is 1. The lowest BCUT2D eigenvalue weighted by atomic mass is 9.96. The molecule has 0 bridgehead atoms. The number of ketones is 1. The van der Waals surface area contributed by atoms with E-state index in [0.717, 1.165) is 22.3 Å². The first-order chi connectivity index (χ1) is 8.47. The van der Waals surface area contributed by atoms with Crippen LogP contribution in [0.15, 0.2) is 36.4 Å². The molecule has 2 rings (SSSR count). The van der Waals surface area contributed by atoms with Crippen molar-refractivity contribution in [3.8, 4) is 0 Å². The van der Waals surface area contributed by atoms with Crippen LogP contribution in [-0.4, -0.2) is 5.78 Å². The Hall–Kier alpha value is -2.09. The lowest BCUT2D eigenvalue weighted by molar-refractivity contribution is 0.103. The van der Waals surface area contributed by atoms with Crippen molar-refractivity contribution in [3.63, 3.8) is 0 Å². The molecule has 0 unspecified atom stereocenters. The number of rotatable bonds is 2. The second-order valence-corrected chi connectivity index (χ2v) is 4.78. The van der Waals surface area contributed by atoms with Crippen molar-refractivity contribution in [2.45, 2.75) is 20.8 Å². The molecular weight excluding hydrogens is 222 g/mol. The number of benzene rings is 2. The van der Waals surface area contributed by atoms with E-state index < -0.39 is 0 Å². The quantitative estimate of drug-likeness (QED) is 0.644. The number of nitrogen functional groups attached to an aromatic ring is 1. The molecule has 0 aliphatic rings. The molecule has 0 aromatic heterocycles. The van der Waals surface area contributed by atoms with E-state index in [4.69, 9.17) is 5.73 Å². The van der Waals surface area contributed by atoms with Gasteiger partial charge in [0.2, 0.25) is 0 Å². The van der Waals surface area contributed by atoms with Crippen molar-refractivity contribution in [1.82, 2.24) is 0 Å². The number of carbonyl (C=O) groups is 1. The highest BCUT2D eigenvalue weighted by Gasteiger charge is 2.12. The van der Waals surface area contributed by atoms with Gasteiger partial charge in [0.05, 0.1) is 0 Å². The Morgan fingerprint density at radius 3 is 2.28 bits per heavy atom. The van der Waals surface area contributed by atoms with Gasteiger partial charge in [-0.05, 0) is 50.1 Å². The lowest BCUT2D eigenvalue weighted by Gasteiger charge is -2.08. The van der Waals surface area contributed by atoms with Crippen LogP contribution >= 0.6 is 0 Å². The highest BCUT2D eigenvalue weighted by molar-refractivity contribution is 6.10. The number of hydrogen-bond acceptors (Lipinski definition) is 2. The Morgan fingerprint density at radius 1 is 0.944 bits per heavy atom. The van der Waals surface area contributed by atoms with Crippen LogP contribution < -0.4 is 5.73 Å². The summed E-state index contributed by atoms with van der Waals surface area (Å²) < 4.78 is 0. The van der Waals surface area contributed by atoms with Crippen LogP contribution in [-0.2, 0) is 0 Å². The van der Waals surface area contributed by atoms with Crippen molar-refractivity contribution in [1.29, 1.82) is 0 Å². The van der Waals surface area contributed by atoms with E-state index in [1.54, 1.807) is 6.07 Å². The highest BCUT2D eigenvalue weighted by Crippen LogP contribution is 2.18. The Morgan fingerprint density at radius 2 is 1.67 bits per heavy atom. The molecule has 92 valence electrons. The summed E-state index contributed by atoms with van der Waals surface area (Å²) in [6.45, 7) is 5.92. The van der Waals surface area contributed by atoms with Gasteiger partial charge in [0.15, 0.2) is 5.78 Å². The summed E-state index contributed by atoms with van der Waals surface area (Å²) in [7, 11) is 0. The van der Waals surface area contributed by atoms with Crippen LogP contribution in [0.25, 0.3) is 0 Å². The highest BCUT2D eigenvalue weighted by atomic mass is 16.1. The van der Waals surface area contributed by atoms with E-state index in [0.29, 0.717) is 11.3 Å². The first-order valence-corrected chi connectivity index (χ1v) is 5.96. The van der Waals surface area contributed by atoms with Crippen LogP contribution in [0.3, 0.4) is 0 Å². The van der Waals surface area contributed by atoms with E-state index in [1.807, 2.05) is 51.1 Å². The topological polar surface area (TPSA) is 43.1 Å². The minimum Gasteiger partial charge on any atom is -0.399 e. The van der Waals surface area contributed by atoms with Gasteiger partial charge in [-0.3, -0.25) is 4.79 Å². The van der Waals surface area contributed by atoms with Crippen LogP contribution in [0.2, 0.25) is 0 Å². The van der Waals surface area contributed by atoms with Crippen LogP contribution in [0.4, 0.5) is 5.69 Å². The summed E-state index contributed by atoms with van der Waals surface area (Å²) in [6.07, 6.45) is 0. The molecule has 0 atom stereocenters. The Kier molecular flexibility index (Phi) is 3.19. The Labute approximate surface area is 107 Å². The molecule has 2 heteroatoms. The minimum absolute atomic E-state index is 0.0305. The van der Waals surface area contributed by atoms with E-state index in [1.165, 1.54) is 0 Å². The van der Waals surface area contributed by atoms with E-state index in [2.05, 4.69) is 0 Å². The van der Waals surface area contributed by atoms with Crippen molar-refractivity contribution in [3.05, 3.63) is 64.2 Å². The van der Waals surface area contributed by atoms with Gasteiger partial charge in [-0.25, -0.2) is 0 Å². The summed E-state index contributed by atoms with van der Waals surface area (Å²) in [6, 6.07) is 11.3. The predicted molar refractivity (Wildman–Crippen MR) is 74.9 cm³/mol. The van der Waals surface area contributed by atoms with Gasteiger partial charge < -0.3 is 5.73 Å². The second-order valence-electron chi connectivity index (χ2n) is 4.78. The van der Waals surface area contributed by atoms with Gasteiger partial charge in [-0.1, -0.05) is 23.8 Å². The second kappa shape index (κ2) is 4.65. The molecule has 0 aliphatic heterocycles. The van der Waals surface area contributed by atoms with Gasteiger partial charge in [-0.2, -0.15) is 0 Å². The van der Waals surface area contributed by atoms with Crippen molar-refractivity contribution >= 4 is 11.5 Å². The Bertz CT molecular complexity index is 594. The molecule has 0 saturated carbocycles. The van der Waals surface area contributed by atoms with Gasteiger partial charge in [0, 0.05) is 16.8 Å². The molecular formula is C16H17NO. The lowest BCUT2D eigenvalue weighted by Crippen LogP contribution is -2.05. The molecule has 2 aromatic carbocycles. The maximum Gasteiger partial charge on any atom is 0.193 e. The first-order valence-electron chi connectivity index (χ1n) is 5.96. The van der Waals surface area contributed by atoms with E-state index in [-0.39, 0.29) is 5.78 Å². The molecule has 2 nitrogen and oxygen atoms in total. The van der Waals surface area contributed by atoms with Crippen LogP contribution in [0.5, 0.6) is 0 Å². The number of carbonyl (C=O) groups excluding carboxylic acids is 1. The summed E-state index contributed by atoms with van der Waals surface area (Å²) in [4.78, 5) is 12.4. The van der Waals surface area contributed by atoms with Gasteiger partial charge in [-0.15, -0.1) is 0 Å². The van der Waals surface area contributed by atoms with E-state index >= 15 is 0 Å². The standard InChI is InChI=1S/C16H17NO/c1-10-4-5-15(12(3)6-10)16(18)13-7-11(2)8-14(17)9-13/h4-9H,17H2,1-3H3. The number of aryl methyl sites for hydroxylation is 3. The monoisotopic (exact) mass is 239 g/mol.